The van der Waals surface area contributed by atoms with Crippen LogP contribution in [0.3, 0.4) is 0 Å². The van der Waals surface area contributed by atoms with E-state index in [9.17, 15) is 0 Å². The summed E-state index contributed by atoms with van der Waals surface area (Å²) in [5.41, 5.74) is 4.25. The monoisotopic (exact) mass is 467 g/mol. The van der Waals surface area contributed by atoms with Crippen LogP contribution in [-0.2, 0) is 13.2 Å². The predicted octanol–water partition coefficient (Wildman–Crippen LogP) is 7.81. The SMILES string of the molecule is COc1ccc(Nc2csc3cc(OCc4ccccc4)c(OCc4ccccc4)cc23)cc1. The molecule has 0 saturated carbocycles. The molecular formula is C29H25NO3S. The molecule has 5 aromatic rings. The largest absolute Gasteiger partial charge is 0.497 e. The molecule has 0 radical (unpaired) electrons. The standard InChI is InChI=1S/C29H25NO3S/c1-31-24-14-12-23(13-15-24)30-26-20-34-29-17-28(33-19-22-10-6-3-7-11-22)27(16-25(26)29)32-18-21-8-4-2-5-9-21/h2-17,20,30H,18-19H2,1H3. The van der Waals surface area contributed by atoms with Crippen molar-refractivity contribution < 1.29 is 14.2 Å². The first-order chi connectivity index (χ1) is 16.8. The Labute approximate surface area is 203 Å². The number of fused-ring (bicyclic) bond motifs is 1. The van der Waals surface area contributed by atoms with Crippen LogP contribution in [0, 0.1) is 0 Å². The molecule has 0 aliphatic rings. The molecular weight excluding hydrogens is 442 g/mol. The highest BCUT2D eigenvalue weighted by molar-refractivity contribution is 7.17. The van der Waals surface area contributed by atoms with Crippen molar-refractivity contribution in [1.82, 2.24) is 0 Å². The number of hydrogen-bond donors (Lipinski definition) is 1. The zero-order chi connectivity index (χ0) is 23.2. The van der Waals surface area contributed by atoms with Gasteiger partial charge in [0, 0.05) is 27.2 Å². The molecule has 1 N–H and O–H groups in total. The summed E-state index contributed by atoms with van der Waals surface area (Å²) in [6.07, 6.45) is 0. The molecule has 4 aromatic carbocycles. The Kier molecular flexibility index (Phi) is 6.64. The van der Waals surface area contributed by atoms with Gasteiger partial charge in [-0.15, -0.1) is 11.3 Å². The maximum Gasteiger partial charge on any atom is 0.163 e. The van der Waals surface area contributed by atoms with Crippen LogP contribution in [0.15, 0.2) is 102 Å². The Morgan fingerprint density at radius 2 is 1.29 bits per heavy atom. The summed E-state index contributed by atoms with van der Waals surface area (Å²) in [7, 11) is 1.67. The van der Waals surface area contributed by atoms with E-state index in [-0.39, 0.29) is 0 Å². The van der Waals surface area contributed by atoms with Crippen LogP contribution in [0.5, 0.6) is 17.2 Å². The van der Waals surface area contributed by atoms with Gasteiger partial charge >= 0.3 is 0 Å². The molecule has 5 rings (SSSR count). The third-order valence-electron chi connectivity index (χ3n) is 5.48. The molecule has 5 heteroatoms. The fourth-order valence-electron chi connectivity index (χ4n) is 3.66. The van der Waals surface area contributed by atoms with E-state index in [4.69, 9.17) is 14.2 Å². The predicted molar refractivity (Wildman–Crippen MR) is 140 cm³/mol. The van der Waals surface area contributed by atoms with E-state index >= 15 is 0 Å². The van der Waals surface area contributed by atoms with Crippen molar-refractivity contribution in [1.29, 1.82) is 0 Å². The minimum absolute atomic E-state index is 0.472. The van der Waals surface area contributed by atoms with Crippen LogP contribution in [0.2, 0.25) is 0 Å². The number of nitrogens with one attached hydrogen (secondary N) is 1. The molecule has 1 aromatic heterocycles. The lowest BCUT2D eigenvalue weighted by molar-refractivity contribution is 0.256. The molecule has 0 aliphatic heterocycles. The number of thiophene rings is 1. The molecule has 0 spiro atoms. The average molecular weight is 468 g/mol. The van der Waals surface area contributed by atoms with Crippen molar-refractivity contribution in [2.75, 3.05) is 12.4 Å². The van der Waals surface area contributed by atoms with Crippen molar-refractivity contribution in [2.45, 2.75) is 13.2 Å². The Morgan fingerprint density at radius 1 is 0.706 bits per heavy atom. The second-order valence-electron chi connectivity index (χ2n) is 7.85. The molecule has 0 unspecified atom stereocenters. The normalized spacial score (nSPS) is 10.7. The lowest BCUT2D eigenvalue weighted by Gasteiger charge is -2.14. The van der Waals surface area contributed by atoms with Crippen molar-refractivity contribution in [3.8, 4) is 17.2 Å². The summed E-state index contributed by atoms with van der Waals surface area (Å²) < 4.78 is 18.9. The van der Waals surface area contributed by atoms with E-state index in [1.807, 2.05) is 60.7 Å². The highest BCUT2D eigenvalue weighted by Gasteiger charge is 2.13. The van der Waals surface area contributed by atoms with E-state index < -0.39 is 0 Å². The molecule has 0 aliphatic carbocycles. The topological polar surface area (TPSA) is 39.7 Å². The van der Waals surface area contributed by atoms with E-state index in [1.54, 1.807) is 18.4 Å². The van der Waals surface area contributed by atoms with Gasteiger partial charge in [-0.25, -0.2) is 0 Å². The zero-order valence-corrected chi connectivity index (χ0v) is 19.7. The van der Waals surface area contributed by atoms with Gasteiger partial charge in [0.15, 0.2) is 11.5 Å². The van der Waals surface area contributed by atoms with E-state index in [0.717, 1.165) is 49.8 Å². The zero-order valence-electron chi connectivity index (χ0n) is 18.9. The van der Waals surface area contributed by atoms with Gasteiger partial charge in [-0.1, -0.05) is 60.7 Å². The summed E-state index contributed by atoms with van der Waals surface area (Å²) in [6.45, 7) is 0.954. The number of ether oxygens (including phenoxy) is 3. The molecule has 0 fully saturated rings. The van der Waals surface area contributed by atoms with Crippen molar-refractivity contribution in [2.24, 2.45) is 0 Å². The third-order valence-corrected chi connectivity index (χ3v) is 6.43. The molecule has 1 heterocycles. The highest BCUT2D eigenvalue weighted by atomic mass is 32.1. The van der Waals surface area contributed by atoms with Crippen LogP contribution in [-0.4, -0.2) is 7.11 Å². The average Bonchev–Trinajstić information content (AvgIpc) is 3.28. The van der Waals surface area contributed by atoms with Gasteiger partial charge in [0.25, 0.3) is 0 Å². The third kappa shape index (κ3) is 5.16. The van der Waals surface area contributed by atoms with Gasteiger partial charge in [-0.3, -0.25) is 0 Å². The first-order valence-corrected chi connectivity index (χ1v) is 12.0. The summed E-state index contributed by atoms with van der Waals surface area (Å²) in [5, 5.41) is 6.73. The van der Waals surface area contributed by atoms with E-state index in [0.29, 0.717) is 13.2 Å². The van der Waals surface area contributed by atoms with E-state index in [1.165, 1.54) is 0 Å². The molecule has 34 heavy (non-hydrogen) atoms. The van der Waals surface area contributed by atoms with Gasteiger partial charge in [-0.2, -0.15) is 0 Å². The van der Waals surface area contributed by atoms with Crippen LogP contribution in [0.4, 0.5) is 11.4 Å². The van der Waals surface area contributed by atoms with Crippen LogP contribution in [0.1, 0.15) is 11.1 Å². The van der Waals surface area contributed by atoms with Crippen molar-refractivity contribution in [3.63, 3.8) is 0 Å². The summed E-state index contributed by atoms with van der Waals surface area (Å²) in [6, 6.07) is 32.4. The fraction of sp³-hybridized carbons (Fsp3) is 0.103. The lowest BCUT2D eigenvalue weighted by atomic mass is 10.2. The Bertz CT molecular complexity index is 1350. The molecule has 0 bridgehead atoms. The summed E-state index contributed by atoms with van der Waals surface area (Å²) in [4.78, 5) is 0. The second-order valence-corrected chi connectivity index (χ2v) is 8.76. The minimum Gasteiger partial charge on any atom is -0.497 e. The van der Waals surface area contributed by atoms with Gasteiger partial charge in [-0.05, 0) is 41.5 Å². The number of hydrogen-bond acceptors (Lipinski definition) is 5. The molecule has 0 atom stereocenters. The highest BCUT2D eigenvalue weighted by Crippen LogP contribution is 2.41. The van der Waals surface area contributed by atoms with Crippen LogP contribution in [0.25, 0.3) is 10.1 Å². The molecule has 0 saturated heterocycles. The second kappa shape index (κ2) is 10.3. The molecule has 0 amide bonds. The van der Waals surface area contributed by atoms with Gasteiger partial charge < -0.3 is 19.5 Å². The fourth-order valence-corrected chi connectivity index (χ4v) is 4.56. The Hall–Kier alpha value is -3.96. The van der Waals surface area contributed by atoms with Crippen molar-refractivity contribution >= 4 is 32.8 Å². The number of anilines is 2. The van der Waals surface area contributed by atoms with Crippen LogP contribution >= 0.6 is 11.3 Å². The first-order valence-electron chi connectivity index (χ1n) is 11.1. The smallest absolute Gasteiger partial charge is 0.163 e. The van der Waals surface area contributed by atoms with Crippen LogP contribution < -0.4 is 19.5 Å². The first kappa shape index (κ1) is 21.9. The van der Waals surface area contributed by atoms with E-state index in [2.05, 4.69) is 47.1 Å². The summed E-state index contributed by atoms with van der Waals surface area (Å²) >= 11 is 1.68. The number of methoxy groups -OCH3 is 1. The Morgan fingerprint density at radius 3 is 1.88 bits per heavy atom. The van der Waals surface area contributed by atoms with Gasteiger partial charge in [0.2, 0.25) is 0 Å². The van der Waals surface area contributed by atoms with Crippen molar-refractivity contribution in [3.05, 3.63) is 114 Å². The number of benzene rings is 4. The maximum atomic E-state index is 6.26. The minimum atomic E-state index is 0.472. The number of rotatable bonds is 9. The van der Waals surface area contributed by atoms with Gasteiger partial charge in [0.05, 0.1) is 12.8 Å². The van der Waals surface area contributed by atoms with Gasteiger partial charge in [0.1, 0.15) is 19.0 Å². The lowest BCUT2D eigenvalue weighted by Crippen LogP contribution is -2.00. The molecule has 170 valence electrons. The summed E-state index contributed by atoms with van der Waals surface area (Å²) in [5.74, 6) is 2.30. The maximum absolute atomic E-state index is 6.26. The Balaban J connectivity index is 1.44. The quantitative estimate of drug-likeness (QED) is 0.240. The molecule has 4 nitrogen and oxygen atoms in total.